The van der Waals surface area contributed by atoms with E-state index in [2.05, 4.69) is 9.51 Å². The van der Waals surface area contributed by atoms with Crippen molar-refractivity contribution < 1.29 is 31.2 Å². The van der Waals surface area contributed by atoms with Crippen LogP contribution in [0.25, 0.3) is 10.9 Å². The Morgan fingerprint density at radius 1 is 1.53 bits per heavy atom. The smallest absolute Gasteiger partial charge is 0.404 e. The Labute approximate surface area is 123 Å². The quantitative estimate of drug-likeness (QED) is 0.731. The van der Waals surface area contributed by atoms with Crippen molar-refractivity contribution in [1.82, 2.24) is 9.88 Å². The van der Waals surface area contributed by atoms with Crippen molar-refractivity contribution in [3.8, 4) is 5.75 Å². The summed E-state index contributed by atoms with van der Waals surface area (Å²) in [6.45, 7) is -9.01. The van der Waals surface area contributed by atoms with Gasteiger partial charge in [0.25, 0.3) is 0 Å². The van der Waals surface area contributed by atoms with Gasteiger partial charge in [-0.05, 0) is 38.0 Å². The lowest BCUT2D eigenvalue weighted by Crippen LogP contribution is -2.14. The average Bonchev–Trinajstić information content (AvgIpc) is 2.88. The molecule has 0 fully saturated rings. The summed E-state index contributed by atoms with van der Waals surface area (Å²) < 4.78 is 84.6. The minimum Gasteiger partial charge on any atom is -0.404 e. The molecule has 0 aliphatic rings. The fourth-order valence-corrected chi connectivity index (χ4v) is 2.01. The number of phosphoric acid groups is 1. The van der Waals surface area contributed by atoms with Gasteiger partial charge in [0.2, 0.25) is 0 Å². The molecular formula is C12H17N2O4P. The summed E-state index contributed by atoms with van der Waals surface area (Å²) in [6.07, 6.45) is -1.81. The maximum atomic E-state index is 11.2. The Morgan fingerprint density at radius 2 is 2.32 bits per heavy atom. The van der Waals surface area contributed by atoms with Gasteiger partial charge in [0.05, 0.1) is 0 Å². The second kappa shape index (κ2) is 5.35. The van der Waals surface area contributed by atoms with Crippen molar-refractivity contribution in [1.29, 1.82) is 0 Å². The predicted octanol–water partition coefficient (Wildman–Crippen LogP) is 1.74. The molecule has 0 aliphatic carbocycles. The van der Waals surface area contributed by atoms with Crippen molar-refractivity contribution in [3.05, 3.63) is 30.0 Å². The van der Waals surface area contributed by atoms with E-state index in [1.54, 1.807) is 0 Å². The lowest BCUT2D eigenvalue weighted by Gasteiger charge is -2.11. The molecule has 7 heteroatoms. The summed E-state index contributed by atoms with van der Waals surface area (Å²) in [5.41, 5.74) is -0.198. The number of aromatic nitrogens is 1. The highest BCUT2D eigenvalue weighted by molar-refractivity contribution is 7.46. The number of hydrogen-bond acceptors (Lipinski definition) is 3. The van der Waals surface area contributed by atoms with Gasteiger partial charge in [-0.3, -0.25) is 9.79 Å². The molecule has 0 amide bonds. The first kappa shape index (κ1) is 6.41. The standard InChI is InChI=1S/C12H17N2O4P/c1-14(2)7-6-9-8-13-10-4-3-5-11(12(9)10)18-19(15,16)17/h3-5,8,13H,6-7H2,1-2H3,(H2,15,16,17)/i1D3,2D3,6D2,7D. The Morgan fingerprint density at radius 3 is 3.00 bits per heavy atom. The van der Waals surface area contributed by atoms with Crippen LogP contribution < -0.4 is 4.52 Å². The molecule has 19 heavy (non-hydrogen) atoms. The van der Waals surface area contributed by atoms with Gasteiger partial charge < -0.3 is 14.4 Å². The van der Waals surface area contributed by atoms with Gasteiger partial charge in [-0.2, -0.15) is 0 Å². The summed E-state index contributed by atoms with van der Waals surface area (Å²) in [4.78, 5) is 20.5. The van der Waals surface area contributed by atoms with Crippen LogP contribution in [0.5, 0.6) is 5.75 Å². The Hall–Kier alpha value is -1.33. The summed E-state index contributed by atoms with van der Waals surface area (Å²) >= 11 is 0. The molecule has 0 bridgehead atoms. The highest BCUT2D eigenvalue weighted by atomic mass is 31.2. The molecule has 1 aromatic carbocycles. The number of H-pyrrole nitrogens is 1. The summed E-state index contributed by atoms with van der Waals surface area (Å²) in [6, 6.07) is 3.96. The SMILES string of the molecule is [2H]C(N(C([2H])([2H])[2H])C([2H])([2H])[2H])C([2H])([2H])c1c[nH]c2cccc(OP(=O)(O)O)c12. The third-order valence-corrected chi connectivity index (χ3v) is 2.67. The van der Waals surface area contributed by atoms with Crippen molar-refractivity contribution in [3.63, 3.8) is 0 Å². The molecule has 2 aromatic rings. The molecule has 0 saturated carbocycles. The second-order valence-corrected chi connectivity index (χ2v) is 4.77. The molecule has 0 saturated heterocycles. The number of phosphoric ester groups is 1. The number of likely N-dealkylation sites (N-methyl/N-ethyl adjacent to an activating group) is 1. The molecule has 0 aliphatic heterocycles. The number of aromatic amines is 1. The van der Waals surface area contributed by atoms with E-state index < -0.39 is 40.4 Å². The number of fused-ring (bicyclic) bond motifs is 1. The number of rotatable bonds is 5. The first-order valence-electron chi connectivity index (χ1n) is 9.61. The fourth-order valence-electron chi connectivity index (χ4n) is 1.60. The zero-order chi connectivity index (χ0) is 21.7. The van der Waals surface area contributed by atoms with Crippen molar-refractivity contribution in [2.45, 2.75) is 6.37 Å². The minimum absolute atomic E-state index is 0.149. The van der Waals surface area contributed by atoms with E-state index in [9.17, 15) is 4.57 Å². The lowest BCUT2D eigenvalue weighted by molar-refractivity contribution is 0.284. The number of benzene rings is 1. The molecule has 2 rings (SSSR count). The van der Waals surface area contributed by atoms with Crippen LogP contribution >= 0.6 is 7.82 Å². The average molecular weight is 293 g/mol. The van der Waals surface area contributed by atoms with Crippen molar-refractivity contribution in [2.24, 2.45) is 0 Å². The first-order valence-corrected chi connectivity index (χ1v) is 6.57. The van der Waals surface area contributed by atoms with Gasteiger partial charge in [-0.1, -0.05) is 6.07 Å². The van der Waals surface area contributed by atoms with E-state index in [-0.39, 0.29) is 21.4 Å². The number of nitrogens with one attached hydrogen (secondary N) is 1. The van der Waals surface area contributed by atoms with Crippen LogP contribution in [-0.2, 0) is 10.9 Å². The predicted molar refractivity (Wildman–Crippen MR) is 73.2 cm³/mol. The van der Waals surface area contributed by atoms with Gasteiger partial charge >= 0.3 is 7.82 Å². The van der Waals surface area contributed by atoms with Crippen LogP contribution in [0.2, 0.25) is 0 Å². The Bertz CT molecular complexity index is 891. The zero-order valence-electron chi connectivity index (χ0n) is 18.5. The second-order valence-electron chi connectivity index (χ2n) is 3.61. The summed E-state index contributed by atoms with van der Waals surface area (Å²) in [5, 5.41) is -0.149. The summed E-state index contributed by atoms with van der Waals surface area (Å²) in [7, 11) is -5.01. The topological polar surface area (TPSA) is 85.8 Å². The summed E-state index contributed by atoms with van der Waals surface area (Å²) in [5.74, 6) is -0.410. The molecule has 3 N–H and O–H groups in total. The highest BCUT2D eigenvalue weighted by Crippen LogP contribution is 2.41. The molecule has 0 spiro atoms. The third-order valence-electron chi connectivity index (χ3n) is 2.23. The molecule has 6 nitrogen and oxygen atoms in total. The zero-order valence-corrected chi connectivity index (χ0v) is 10.4. The van der Waals surface area contributed by atoms with Crippen LogP contribution in [0, 0.1) is 0 Å². The number of hydrogen-bond donors (Lipinski definition) is 3. The van der Waals surface area contributed by atoms with Gasteiger partial charge in [0.15, 0.2) is 0 Å². The van der Waals surface area contributed by atoms with Crippen LogP contribution in [0.4, 0.5) is 0 Å². The molecule has 1 aromatic heterocycles. The van der Waals surface area contributed by atoms with Crippen LogP contribution in [0.1, 0.15) is 17.9 Å². The normalized spacial score (nSPS) is 23.0. The van der Waals surface area contributed by atoms with Gasteiger partial charge in [-0.15, -0.1) is 0 Å². The van der Waals surface area contributed by atoms with Crippen LogP contribution in [0.3, 0.4) is 0 Å². The van der Waals surface area contributed by atoms with Gasteiger partial charge in [0, 0.05) is 36.0 Å². The van der Waals surface area contributed by atoms with E-state index >= 15 is 0 Å². The molecule has 1 heterocycles. The molecular weight excluding hydrogens is 267 g/mol. The van der Waals surface area contributed by atoms with E-state index in [0.29, 0.717) is 0 Å². The van der Waals surface area contributed by atoms with Crippen LogP contribution in [-0.4, -0.2) is 40.1 Å². The molecule has 104 valence electrons. The molecule has 1 unspecified atom stereocenters. The Kier molecular flexibility index (Phi) is 1.80. The Balaban J connectivity index is 2.65. The number of aryl methyl sites for hydroxylation is 1. The van der Waals surface area contributed by atoms with E-state index in [1.165, 1.54) is 12.1 Å². The fraction of sp³-hybridized carbons (Fsp3) is 0.333. The number of nitrogens with zero attached hydrogens (tertiary/aromatic N) is 1. The highest BCUT2D eigenvalue weighted by Gasteiger charge is 2.19. The monoisotopic (exact) mass is 293 g/mol. The minimum atomic E-state index is -5.01. The molecule has 1 atom stereocenters. The van der Waals surface area contributed by atoms with Gasteiger partial charge in [-0.25, -0.2) is 4.57 Å². The van der Waals surface area contributed by atoms with Gasteiger partial charge in [0.1, 0.15) is 5.75 Å². The van der Waals surface area contributed by atoms with Crippen LogP contribution in [0.15, 0.2) is 24.4 Å². The lowest BCUT2D eigenvalue weighted by atomic mass is 10.1. The largest absolute Gasteiger partial charge is 0.524 e. The van der Waals surface area contributed by atoms with E-state index in [1.807, 2.05) is 0 Å². The molecule has 0 radical (unpaired) electrons. The maximum Gasteiger partial charge on any atom is 0.524 e. The van der Waals surface area contributed by atoms with Crippen molar-refractivity contribution in [2.75, 3.05) is 20.5 Å². The van der Waals surface area contributed by atoms with Crippen molar-refractivity contribution >= 4 is 18.7 Å². The first-order chi connectivity index (χ1) is 12.5. The van der Waals surface area contributed by atoms with E-state index in [0.717, 1.165) is 12.3 Å². The third kappa shape index (κ3) is 3.58. The van der Waals surface area contributed by atoms with E-state index in [4.69, 9.17) is 22.1 Å². The maximum absolute atomic E-state index is 11.2.